The summed E-state index contributed by atoms with van der Waals surface area (Å²) in [5, 5.41) is 2.48. The molecule has 1 N–H and O–H groups in total. The van der Waals surface area contributed by atoms with Gasteiger partial charge in [0.1, 0.15) is 0 Å². The smallest absolute Gasteiger partial charge is 0.339 e. The van der Waals surface area contributed by atoms with Crippen molar-refractivity contribution in [1.29, 1.82) is 0 Å². The minimum absolute atomic E-state index is 0.0731. The van der Waals surface area contributed by atoms with E-state index in [0.29, 0.717) is 12.8 Å². The van der Waals surface area contributed by atoms with E-state index in [1.807, 2.05) is 12.2 Å². The van der Waals surface area contributed by atoms with Crippen LogP contribution in [0.2, 0.25) is 0 Å². The standard InChI is InChI=1S/C21H22N2O7/c1-29-21(28)15-8-4-5-9-16(15)22-17(24)12-30-18(25)10-11-23-19(26)13-6-2-3-7-14(13)20(23)27/h2-5,8-9,13-14H,6-7,10-12H2,1H3,(H,22,24)/t13-,14-/m0/s1. The SMILES string of the molecule is COC(=O)c1ccccc1NC(=O)COC(=O)CCN1C(=O)[C@H]2CC=CC[C@@H]2C1=O. The molecule has 3 rings (SSSR count). The average Bonchev–Trinajstić information content (AvgIpc) is 3.00. The third kappa shape index (κ3) is 4.56. The Kier molecular flexibility index (Phi) is 6.61. The van der Waals surface area contributed by atoms with Crippen molar-refractivity contribution < 1.29 is 33.4 Å². The number of benzene rings is 1. The lowest BCUT2D eigenvalue weighted by Gasteiger charge is -2.14. The zero-order valence-corrected chi connectivity index (χ0v) is 16.5. The highest BCUT2D eigenvalue weighted by atomic mass is 16.5. The van der Waals surface area contributed by atoms with Crippen LogP contribution in [0, 0.1) is 11.8 Å². The molecule has 0 spiro atoms. The first-order valence-corrected chi connectivity index (χ1v) is 9.55. The van der Waals surface area contributed by atoms with Crippen molar-refractivity contribution in [1.82, 2.24) is 4.90 Å². The van der Waals surface area contributed by atoms with Crippen molar-refractivity contribution in [3.63, 3.8) is 0 Å². The average molecular weight is 414 g/mol. The first-order chi connectivity index (χ1) is 14.4. The molecule has 0 saturated carbocycles. The van der Waals surface area contributed by atoms with Crippen molar-refractivity contribution in [3.8, 4) is 0 Å². The van der Waals surface area contributed by atoms with E-state index in [2.05, 4.69) is 10.1 Å². The van der Waals surface area contributed by atoms with E-state index in [-0.39, 0.29) is 47.9 Å². The van der Waals surface area contributed by atoms with Gasteiger partial charge in [0.15, 0.2) is 6.61 Å². The van der Waals surface area contributed by atoms with E-state index in [4.69, 9.17) is 4.74 Å². The fourth-order valence-electron chi connectivity index (χ4n) is 3.58. The van der Waals surface area contributed by atoms with Crippen LogP contribution in [0.3, 0.4) is 0 Å². The summed E-state index contributed by atoms with van der Waals surface area (Å²) in [5.74, 6) is -3.18. The van der Waals surface area contributed by atoms with Crippen LogP contribution in [-0.4, -0.2) is 54.8 Å². The molecule has 30 heavy (non-hydrogen) atoms. The Balaban J connectivity index is 1.46. The van der Waals surface area contributed by atoms with Gasteiger partial charge in [-0.05, 0) is 25.0 Å². The lowest BCUT2D eigenvalue weighted by Crippen LogP contribution is -2.33. The number of likely N-dealkylation sites (tertiary alicyclic amines) is 1. The van der Waals surface area contributed by atoms with E-state index in [1.165, 1.54) is 19.2 Å². The Morgan fingerprint density at radius 2 is 1.70 bits per heavy atom. The van der Waals surface area contributed by atoms with Gasteiger partial charge in [-0.25, -0.2) is 4.79 Å². The number of carbonyl (C=O) groups is 5. The number of rotatable bonds is 7. The number of amides is 3. The van der Waals surface area contributed by atoms with E-state index >= 15 is 0 Å². The molecule has 3 amide bonds. The van der Waals surface area contributed by atoms with Gasteiger partial charge >= 0.3 is 11.9 Å². The van der Waals surface area contributed by atoms with Crippen molar-refractivity contribution >= 4 is 35.3 Å². The number of nitrogens with one attached hydrogen (secondary N) is 1. The highest BCUT2D eigenvalue weighted by Gasteiger charge is 2.46. The highest BCUT2D eigenvalue weighted by Crippen LogP contribution is 2.35. The molecule has 2 atom stereocenters. The van der Waals surface area contributed by atoms with Crippen LogP contribution in [-0.2, 0) is 28.7 Å². The summed E-state index contributed by atoms with van der Waals surface area (Å²) in [4.78, 5) is 61.6. The minimum atomic E-state index is -0.708. The zero-order chi connectivity index (χ0) is 21.7. The van der Waals surface area contributed by atoms with Gasteiger partial charge in [0, 0.05) is 6.54 Å². The number of fused-ring (bicyclic) bond motifs is 1. The molecule has 1 aromatic carbocycles. The van der Waals surface area contributed by atoms with Crippen LogP contribution in [0.25, 0.3) is 0 Å². The molecule has 1 saturated heterocycles. The third-order valence-corrected chi connectivity index (χ3v) is 5.11. The predicted molar refractivity (Wildman–Crippen MR) is 104 cm³/mol. The monoisotopic (exact) mass is 414 g/mol. The van der Waals surface area contributed by atoms with Crippen LogP contribution in [0.1, 0.15) is 29.6 Å². The fraction of sp³-hybridized carbons (Fsp3) is 0.381. The highest BCUT2D eigenvalue weighted by molar-refractivity contribution is 6.05. The molecule has 9 nitrogen and oxygen atoms in total. The Bertz CT molecular complexity index is 882. The van der Waals surface area contributed by atoms with Crippen molar-refractivity contribution in [2.45, 2.75) is 19.3 Å². The Morgan fingerprint density at radius 3 is 2.33 bits per heavy atom. The van der Waals surface area contributed by atoms with Crippen molar-refractivity contribution in [2.24, 2.45) is 11.8 Å². The number of hydrogen-bond acceptors (Lipinski definition) is 7. The van der Waals surface area contributed by atoms with Gasteiger partial charge in [0.25, 0.3) is 5.91 Å². The maximum Gasteiger partial charge on any atom is 0.339 e. The first-order valence-electron chi connectivity index (χ1n) is 9.55. The largest absolute Gasteiger partial charge is 0.465 e. The molecule has 0 bridgehead atoms. The number of esters is 2. The lowest BCUT2D eigenvalue weighted by atomic mass is 9.85. The summed E-state index contributed by atoms with van der Waals surface area (Å²) >= 11 is 0. The van der Waals surface area contributed by atoms with Crippen molar-refractivity contribution in [2.75, 3.05) is 25.6 Å². The van der Waals surface area contributed by atoms with Gasteiger partial charge < -0.3 is 14.8 Å². The zero-order valence-electron chi connectivity index (χ0n) is 16.5. The topological polar surface area (TPSA) is 119 Å². The van der Waals surface area contributed by atoms with Gasteiger partial charge in [0.2, 0.25) is 11.8 Å². The molecule has 9 heteroatoms. The number of ether oxygens (including phenoxy) is 2. The van der Waals surface area contributed by atoms with Gasteiger partial charge in [-0.1, -0.05) is 24.3 Å². The van der Waals surface area contributed by atoms with Crippen LogP contribution in [0.5, 0.6) is 0 Å². The molecular formula is C21H22N2O7. The van der Waals surface area contributed by atoms with E-state index < -0.39 is 24.5 Å². The van der Waals surface area contributed by atoms with Crippen LogP contribution >= 0.6 is 0 Å². The number of imide groups is 1. The molecular weight excluding hydrogens is 392 g/mol. The van der Waals surface area contributed by atoms with E-state index in [0.717, 1.165) is 4.90 Å². The Morgan fingerprint density at radius 1 is 1.07 bits per heavy atom. The lowest BCUT2D eigenvalue weighted by molar-refractivity contribution is -0.148. The number of para-hydroxylation sites is 1. The van der Waals surface area contributed by atoms with E-state index in [9.17, 15) is 24.0 Å². The molecule has 1 fully saturated rings. The van der Waals surface area contributed by atoms with Crippen LogP contribution < -0.4 is 5.32 Å². The number of nitrogens with zero attached hydrogens (tertiary/aromatic N) is 1. The maximum absolute atomic E-state index is 12.4. The summed E-state index contributed by atoms with van der Waals surface area (Å²) in [6.07, 6.45) is 4.64. The quantitative estimate of drug-likeness (QED) is 0.406. The maximum atomic E-state index is 12.4. The van der Waals surface area contributed by atoms with Crippen LogP contribution in [0.15, 0.2) is 36.4 Å². The summed E-state index contributed by atoms with van der Waals surface area (Å²) in [6, 6.07) is 6.26. The fourth-order valence-corrected chi connectivity index (χ4v) is 3.58. The van der Waals surface area contributed by atoms with E-state index in [1.54, 1.807) is 12.1 Å². The summed E-state index contributed by atoms with van der Waals surface area (Å²) < 4.78 is 9.57. The molecule has 0 radical (unpaired) electrons. The number of hydrogen-bond donors (Lipinski definition) is 1. The van der Waals surface area contributed by atoms with Crippen LogP contribution in [0.4, 0.5) is 5.69 Å². The van der Waals surface area contributed by atoms with Gasteiger partial charge in [0.05, 0.1) is 36.6 Å². The van der Waals surface area contributed by atoms with Gasteiger partial charge in [-0.3, -0.25) is 24.1 Å². The van der Waals surface area contributed by atoms with Crippen molar-refractivity contribution in [3.05, 3.63) is 42.0 Å². The molecule has 0 unspecified atom stereocenters. The molecule has 1 aliphatic heterocycles. The summed E-state index contributed by atoms with van der Waals surface area (Å²) in [6.45, 7) is -0.637. The first kappa shape index (κ1) is 21.2. The Hall–Kier alpha value is -3.49. The number of allylic oxidation sites excluding steroid dienone is 2. The molecule has 1 aromatic rings. The summed E-state index contributed by atoms with van der Waals surface area (Å²) in [7, 11) is 1.23. The van der Waals surface area contributed by atoms with Gasteiger partial charge in [-0.2, -0.15) is 0 Å². The molecule has 1 heterocycles. The third-order valence-electron chi connectivity index (χ3n) is 5.11. The second-order valence-corrected chi connectivity index (χ2v) is 6.98. The number of carbonyl (C=O) groups excluding carboxylic acids is 5. The van der Waals surface area contributed by atoms with Gasteiger partial charge in [-0.15, -0.1) is 0 Å². The minimum Gasteiger partial charge on any atom is -0.465 e. The summed E-state index contributed by atoms with van der Waals surface area (Å²) in [5.41, 5.74) is 0.400. The second kappa shape index (κ2) is 9.34. The second-order valence-electron chi connectivity index (χ2n) is 6.98. The number of anilines is 1. The predicted octanol–water partition coefficient (Wildman–Crippen LogP) is 1.30. The molecule has 158 valence electrons. The molecule has 1 aliphatic carbocycles. The normalized spacial score (nSPS) is 20.0. The Labute approximate surface area is 173 Å². The number of methoxy groups -OCH3 is 1. The molecule has 0 aromatic heterocycles. The molecule has 2 aliphatic rings.